The molecule has 162 valence electrons. The lowest BCUT2D eigenvalue weighted by molar-refractivity contribution is -0.113. The molecule has 1 aliphatic heterocycles. The highest BCUT2D eigenvalue weighted by atomic mass is 35.5. The van der Waals surface area contributed by atoms with Gasteiger partial charge in [-0.15, -0.1) is 0 Å². The number of amides is 1. The number of hydrogen-bond acceptors (Lipinski definition) is 3. The average Bonchev–Trinajstić information content (AvgIpc) is 3.04. The number of thioether (sulfide) groups is 1. The van der Waals surface area contributed by atoms with Gasteiger partial charge in [-0.25, -0.2) is 9.38 Å². The monoisotopic (exact) mass is 464 g/mol. The molecule has 0 saturated carbocycles. The van der Waals surface area contributed by atoms with Gasteiger partial charge >= 0.3 is 0 Å². The summed E-state index contributed by atoms with van der Waals surface area (Å²) in [7, 11) is 0. The minimum Gasteiger partial charge on any atom is -0.268 e. The SMILES string of the molecule is Cc1ccc(C)c(N=C2S/C(=C\c3c(F)cccc3Cl)C(=O)N2c2cc(C)ccc2C)c1. The molecule has 0 spiro atoms. The molecule has 0 radical (unpaired) electrons. The number of hydrogen-bond donors (Lipinski definition) is 0. The maximum absolute atomic E-state index is 14.4. The maximum atomic E-state index is 14.4. The van der Waals surface area contributed by atoms with Crippen molar-refractivity contribution in [2.45, 2.75) is 27.7 Å². The zero-order chi connectivity index (χ0) is 23.0. The molecule has 1 fully saturated rings. The smallest absolute Gasteiger partial charge is 0.268 e. The second kappa shape index (κ2) is 8.93. The predicted octanol–water partition coefficient (Wildman–Crippen LogP) is 7.52. The summed E-state index contributed by atoms with van der Waals surface area (Å²) in [5.41, 5.74) is 5.81. The third-order valence-corrected chi connectivity index (χ3v) is 6.57. The van der Waals surface area contributed by atoms with Crippen molar-refractivity contribution >= 4 is 51.9 Å². The van der Waals surface area contributed by atoms with E-state index in [0.29, 0.717) is 10.1 Å². The first-order valence-electron chi connectivity index (χ1n) is 10.2. The van der Waals surface area contributed by atoms with Crippen molar-refractivity contribution in [2.75, 3.05) is 4.90 Å². The molecular weight excluding hydrogens is 443 g/mol. The van der Waals surface area contributed by atoms with Crippen LogP contribution in [0.25, 0.3) is 6.08 Å². The number of anilines is 1. The molecule has 1 saturated heterocycles. The molecule has 0 aromatic heterocycles. The molecule has 0 atom stereocenters. The summed E-state index contributed by atoms with van der Waals surface area (Å²) in [6.45, 7) is 7.92. The summed E-state index contributed by atoms with van der Waals surface area (Å²) >= 11 is 7.43. The number of nitrogens with zero attached hydrogens (tertiary/aromatic N) is 2. The molecule has 3 aromatic carbocycles. The van der Waals surface area contributed by atoms with E-state index in [0.717, 1.165) is 33.6 Å². The number of aryl methyl sites for hydroxylation is 4. The fraction of sp³-hybridized carbons (Fsp3) is 0.154. The van der Waals surface area contributed by atoms with Crippen molar-refractivity contribution in [2.24, 2.45) is 4.99 Å². The molecule has 3 nitrogen and oxygen atoms in total. The van der Waals surface area contributed by atoms with Gasteiger partial charge in [-0.2, -0.15) is 0 Å². The van der Waals surface area contributed by atoms with Crippen LogP contribution in [0.5, 0.6) is 0 Å². The van der Waals surface area contributed by atoms with Crippen LogP contribution in [0.15, 0.2) is 64.5 Å². The Labute approximate surface area is 196 Å². The standard InChI is InChI=1S/C26H22ClFN2OS/c1-15-8-10-17(3)22(12-15)29-26-30(23-13-16(2)9-11-18(23)4)25(31)24(32-26)14-19-20(27)6-5-7-21(19)28/h5-14H,1-4H3/b24-14-,29-26?. The third-order valence-electron chi connectivity index (χ3n) is 5.27. The molecule has 1 amide bonds. The van der Waals surface area contributed by atoms with Crippen LogP contribution in [0.3, 0.4) is 0 Å². The second-order valence-corrected chi connectivity index (χ2v) is 9.28. The molecule has 0 unspecified atom stereocenters. The lowest BCUT2D eigenvalue weighted by Gasteiger charge is -2.19. The van der Waals surface area contributed by atoms with Crippen molar-refractivity contribution in [1.29, 1.82) is 0 Å². The fourth-order valence-electron chi connectivity index (χ4n) is 3.44. The van der Waals surface area contributed by atoms with E-state index in [1.54, 1.807) is 17.0 Å². The first-order chi connectivity index (χ1) is 15.2. The second-order valence-electron chi connectivity index (χ2n) is 7.86. The van der Waals surface area contributed by atoms with Crippen molar-refractivity contribution in [3.05, 3.63) is 98.2 Å². The quantitative estimate of drug-likeness (QED) is 0.375. The Kier molecular flexibility index (Phi) is 6.22. The molecule has 0 bridgehead atoms. The van der Waals surface area contributed by atoms with Gasteiger partial charge in [0, 0.05) is 5.56 Å². The summed E-state index contributed by atoms with van der Waals surface area (Å²) < 4.78 is 14.4. The molecule has 1 aliphatic rings. The lowest BCUT2D eigenvalue weighted by atomic mass is 10.1. The van der Waals surface area contributed by atoms with Crippen molar-refractivity contribution in [3.8, 4) is 0 Å². The first-order valence-corrected chi connectivity index (χ1v) is 11.4. The van der Waals surface area contributed by atoms with Gasteiger partial charge in [0.15, 0.2) is 5.17 Å². The third kappa shape index (κ3) is 4.36. The van der Waals surface area contributed by atoms with Crippen molar-refractivity contribution in [1.82, 2.24) is 0 Å². The topological polar surface area (TPSA) is 32.7 Å². The van der Waals surface area contributed by atoms with Crippen LogP contribution in [0.1, 0.15) is 27.8 Å². The predicted molar refractivity (Wildman–Crippen MR) is 133 cm³/mol. The zero-order valence-corrected chi connectivity index (χ0v) is 19.8. The Morgan fingerprint density at radius 3 is 2.38 bits per heavy atom. The number of amidine groups is 1. The van der Waals surface area contributed by atoms with E-state index in [1.807, 2.05) is 64.1 Å². The summed E-state index contributed by atoms with van der Waals surface area (Å²) in [4.78, 5) is 20.4. The molecule has 0 aliphatic carbocycles. The van der Waals surface area contributed by atoms with Gasteiger partial charge in [-0.05, 0) is 92.1 Å². The van der Waals surface area contributed by atoms with Gasteiger partial charge in [-0.1, -0.05) is 41.9 Å². The summed E-state index contributed by atoms with van der Waals surface area (Å²) in [5, 5.41) is 0.778. The van der Waals surface area contributed by atoms with Crippen LogP contribution in [0, 0.1) is 33.5 Å². The van der Waals surface area contributed by atoms with E-state index in [9.17, 15) is 9.18 Å². The highest BCUT2D eigenvalue weighted by Gasteiger charge is 2.36. The van der Waals surface area contributed by atoms with Gasteiger partial charge in [0.25, 0.3) is 5.91 Å². The van der Waals surface area contributed by atoms with Crippen LogP contribution in [-0.2, 0) is 4.79 Å². The normalized spacial score (nSPS) is 16.4. The number of aliphatic imine (C=N–C) groups is 1. The van der Waals surface area contributed by atoms with Crippen molar-refractivity contribution < 1.29 is 9.18 Å². The van der Waals surface area contributed by atoms with Crippen LogP contribution >= 0.6 is 23.4 Å². The van der Waals surface area contributed by atoms with E-state index < -0.39 is 5.82 Å². The van der Waals surface area contributed by atoms with Crippen LogP contribution < -0.4 is 4.90 Å². The van der Waals surface area contributed by atoms with Gasteiger partial charge < -0.3 is 0 Å². The average molecular weight is 465 g/mol. The van der Waals surface area contributed by atoms with Crippen LogP contribution in [-0.4, -0.2) is 11.1 Å². The Balaban J connectivity index is 1.89. The highest BCUT2D eigenvalue weighted by molar-refractivity contribution is 8.19. The Morgan fingerprint density at radius 1 is 0.969 bits per heavy atom. The zero-order valence-electron chi connectivity index (χ0n) is 18.2. The van der Waals surface area contributed by atoms with Crippen LogP contribution in [0.4, 0.5) is 15.8 Å². The van der Waals surface area contributed by atoms with Gasteiger partial charge in [-0.3, -0.25) is 9.69 Å². The molecular formula is C26H22ClFN2OS. The number of carbonyl (C=O) groups excluding carboxylic acids is 1. The summed E-state index contributed by atoms with van der Waals surface area (Å²) in [5.74, 6) is -0.733. The fourth-order valence-corrected chi connectivity index (χ4v) is 4.63. The van der Waals surface area contributed by atoms with Crippen molar-refractivity contribution in [3.63, 3.8) is 0 Å². The van der Waals surface area contributed by atoms with Crippen LogP contribution in [0.2, 0.25) is 5.02 Å². The lowest BCUT2D eigenvalue weighted by Crippen LogP contribution is -2.29. The Hall–Kier alpha value is -2.89. The molecule has 32 heavy (non-hydrogen) atoms. The van der Waals surface area contributed by atoms with E-state index in [-0.39, 0.29) is 16.5 Å². The van der Waals surface area contributed by atoms with E-state index in [1.165, 1.54) is 23.9 Å². The minimum atomic E-state index is -0.475. The molecule has 0 N–H and O–H groups in total. The van der Waals surface area contributed by atoms with Gasteiger partial charge in [0.05, 0.1) is 21.3 Å². The first kappa shape index (κ1) is 22.3. The summed E-state index contributed by atoms with van der Waals surface area (Å²) in [6, 6.07) is 16.4. The van der Waals surface area contributed by atoms with E-state index in [4.69, 9.17) is 16.6 Å². The molecule has 1 heterocycles. The number of benzene rings is 3. The highest BCUT2D eigenvalue weighted by Crippen LogP contribution is 2.40. The Morgan fingerprint density at radius 2 is 1.66 bits per heavy atom. The maximum Gasteiger partial charge on any atom is 0.271 e. The van der Waals surface area contributed by atoms with Gasteiger partial charge in [0.2, 0.25) is 0 Å². The molecule has 3 aromatic rings. The van der Waals surface area contributed by atoms with Gasteiger partial charge in [0.1, 0.15) is 5.82 Å². The minimum absolute atomic E-state index is 0.193. The van der Waals surface area contributed by atoms with E-state index >= 15 is 0 Å². The van der Waals surface area contributed by atoms with E-state index in [2.05, 4.69) is 0 Å². The Bertz CT molecular complexity index is 1280. The number of carbonyl (C=O) groups is 1. The number of halogens is 2. The summed E-state index contributed by atoms with van der Waals surface area (Å²) in [6.07, 6.45) is 1.51. The molecule has 4 rings (SSSR count). The molecule has 6 heteroatoms. The largest absolute Gasteiger partial charge is 0.271 e. The number of rotatable bonds is 3.